The summed E-state index contributed by atoms with van der Waals surface area (Å²) in [4.78, 5) is 8.60. The summed E-state index contributed by atoms with van der Waals surface area (Å²) in [6, 6.07) is 8.50. The van der Waals surface area contributed by atoms with E-state index in [-0.39, 0.29) is 0 Å². The molecule has 0 fully saturated rings. The molecule has 2 aromatic rings. The highest BCUT2D eigenvalue weighted by Crippen LogP contribution is 2.33. The van der Waals surface area contributed by atoms with E-state index >= 15 is 0 Å². The zero-order valence-corrected chi connectivity index (χ0v) is 18.5. The number of hydrogen-bond acceptors (Lipinski definition) is 5. The van der Waals surface area contributed by atoms with Crippen molar-refractivity contribution in [3.63, 3.8) is 0 Å². The van der Waals surface area contributed by atoms with Crippen LogP contribution in [0.2, 0.25) is 0 Å². The quantitative estimate of drug-likeness (QED) is 0.486. The number of rotatable bonds is 9. The van der Waals surface area contributed by atoms with Crippen molar-refractivity contribution in [2.24, 2.45) is 4.99 Å². The lowest BCUT2D eigenvalue weighted by atomic mass is 9.99. The Kier molecular flexibility index (Phi) is 8.19. The molecule has 2 heterocycles. The lowest BCUT2D eigenvalue weighted by Gasteiger charge is -2.29. The first-order valence-corrected chi connectivity index (χ1v) is 11.1. The van der Waals surface area contributed by atoms with Gasteiger partial charge >= 0.3 is 0 Å². The van der Waals surface area contributed by atoms with Gasteiger partial charge in [0, 0.05) is 37.6 Å². The third kappa shape index (κ3) is 6.11. The molecule has 0 unspecified atom stereocenters. The number of benzene rings is 1. The number of ether oxygens (including phenoxy) is 2. The number of nitrogens with zero attached hydrogens (tertiary/aromatic N) is 2. The predicted octanol–water partition coefficient (Wildman–Crippen LogP) is 2.92. The highest BCUT2D eigenvalue weighted by Gasteiger charge is 2.19. The molecule has 29 heavy (non-hydrogen) atoms. The fourth-order valence-corrected chi connectivity index (χ4v) is 4.25. The molecule has 1 aliphatic heterocycles. The van der Waals surface area contributed by atoms with Crippen LogP contribution in [0.4, 0.5) is 0 Å². The third-order valence-corrected chi connectivity index (χ3v) is 6.01. The van der Waals surface area contributed by atoms with Crippen molar-refractivity contribution in [3.05, 3.63) is 45.6 Å². The van der Waals surface area contributed by atoms with E-state index in [0.717, 1.165) is 69.6 Å². The summed E-state index contributed by atoms with van der Waals surface area (Å²) >= 11 is 1.80. The van der Waals surface area contributed by atoms with Gasteiger partial charge in [-0.3, -0.25) is 9.89 Å². The molecule has 0 aliphatic carbocycles. The molecule has 6 nitrogen and oxygen atoms in total. The first kappa shape index (κ1) is 21.5. The van der Waals surface area contributed by atoms with Crippen LogP contribution in [0.1, 0.15) is 22.9 Å². The molecule has 3 rings (SSSR count). The van der Waals surface area contributed by atoms with Gasteiger partial charge in [-0.25, -0.2) is 0 Å². The van der Waals surface area contributed by atoms with Gasteiger partial charge in [0.1, 0.15) is 0 Å². The monoisotopic (exact) mass is 416 g/mol. The summed E-state index contributed by atoms with van der Waals surface area (Å²) in [5.74, 6) is 2.51. The lowest BCUT2D eigenvalue weighted by Crippen LogP contribution is -2.39. The molecular formula is C22H32N4O2S. The van der Waals surface area contributed by atoms with Gasteiger partial charge in [0.2, 0.25) is 0 Å². The second-order valence-electron chi connectivity index (χ2n) is 7.02. The zero-order chi connectivity index (χ0) is 20.5. The van der Waals surface area contributed by atoms with Gasteiger partial charge in [0.25, 0.3) is 0 Å². The number of guanidine groups is 1. The lowest BCUT2D eigenvalue weighted by molar-refractivity contribution is 0.260. The largest absolute Gasteiger partial charge is 0.493 e. The van der Waals surface area contributed by atoms with E-state index < -0.39 is 0 Å². The predicted molar refractivity (Wildman–Crippen MR) is 121 cm³/mol. The molecule has 0 saturated heterocycles. The van der Waals surface area contributed by atoms with E-state index in [9.17, 15) is 0 Å². The Morgan fingerprint density at radius 1 is 1.17 bits per heavy atom. The molecule has 0 atom stereocenters. The molecule has 1 aromatic carbocycles. The highest BCUT2D eigenvalue weighted by atomic mass is 32.1. The van der Waals surface area contributed by atoms with Crippen LogP contribution in [-0.2, 0) is 19.4 Å². The Bertz CT molecular complexity index is 792. The Morgan fingerprint density at radius 3 is 2.66 bits per heavy atom. The van der Waals surface area contributed by atoms with Crippen LogP contribution in [0.15, 0.2) is 34.6 Å². The van der Waals surface area contributed by atoms with Crippen LogP contribution in [0.3, 0.4) is 0 Å². The van der Waals surface area contributed by atoms with Crippen molar-refractivity contribution >= 4 is 17.3 Å². The first-order chi connectivity index (χ1) is 14.2. The normalized spacial score (nSPS) is 14.4. The van der Waals surface area contributed by atoms with E-state index in [0.29, 0.717) is 0 Å². The molecule has 1 aromatic heterocycles. The van der Waals surface area contributed by atoms with Crippen LogP contribution in [-0.4, -0.2) is 57.8 Å². The van der Waals surface area contributed by atoms with E-state index in [2.05, 4.69) is 52.1 Å². The molecule has 0 saturated carbocycles. The topological polar surface area (TPSA) is 58.1 Å². The average Bonchev–Trinajstić information content (AvgIpc) is 3.26. The van der Waals surface area contributed by atoms with Crippen LogP contribution in [0, 0.1) is 0 Å². The zero-order valence-electron chi connectivity index (χ0n) is 17.7. The molecule has 0 amide bonds. The van der Waals surface area contributed by atoms with Crippen molar-refractivity contribution in [1.29, 1.82) is 0 Å². The second kappa shape index (κ2) is 11.1. The number of thiophene rings is 1. The summed E-state index contributed by atoms with van der Waals surface area (Å²) in [6.07, 6.45) is 2.05. The highest BCUT2D eigenvalue weighted by molar-refractivity contribution is 7.09. The minimum Gasteiger partial charge on any atom is -0.493 e. The number of aliphatic imine (C=N–C) groups is 1. The summed E-state index contributed by atoms with van der Waals surface area (Å²) in [7, 11) is 3.38. The average molecular weight is 417 g/mol. The van der Waals surface area contributed by atoms with Crippen molar-refractivity contribution in [2.45, 2.75) is 26.3 Å². The Balaban J connectivity index is 1.50. The summed E-state index contributed by atoms with van der Waals surface area (Å²) in [5.41, 5.74) is 2.67. The summed E-state index contributed by atoms with van der Waals surface area (Å²) in [5, 5.41) is 8.90. The van der Waals surface area contributed by atoms with Gasteiger partial charge in [-0.2, -0.15) is 0 Å². The SMILES string of the molecule is CCNC(=NCCN1CCc2cc(OC)c(OC)cc2C1)NCCc1cccs1. The van der Waals surface area contributed by atoms with E-state index in [1.165, 1.54) is 16.0 Å². The maximum absolute atomic E-state index is 5.46. The third-order valence-electron chi connectivity index (χ3n) is 5.07. The van der Waals surface area contributed by atoms with Crippen molar-refractivity contribution in [1.82, 2.24) is 15.5 Å². The Hall–Kier alpha value is -2.25. The number of fused-ring (bicyclic) bond motifs is 1. The molecule has 7 heteroatoms. The van der Waals surface area contributed by atoms with Gasteiger partial charge in [-0.1, -0.05) is 6.07 Å². The Morgan fingerprint density at radius 2 is 1.97 bits per heavy atom. The van der Waals surface area contributed by atoms with Gasteiger partial charge in [0.05, 0.1) is 20.8 Å². The van der Waals surface area contributed by atoms with E-state index in [1.54, 1.807) is 25.6 Å². The van der Waals surface area contributed by atoms with Crippen LogP contribution < -0.4 is 20.1 Å². The standard InChI is InChI=1S/C22H32N4O2S/c1-4-23-22(24-9-7-19-6-5-13-29-19)25-10-12-26-11-8-17-14-20(27-2)21(28-3)15-18(17)16-26/h5-6,13-15H,4,7-12,16H2,1-3H3,(H2,23,24,25). The maximum atomic E-state index is 5.46. The minimum absolute atomic E-state index is 0.775. The van der Waals surface area contributed by atoms with Crippen molar-refractivity contribution in [2.75, 3.05) is 46.9 Å². The van der Waals surface area contributed by atoms with E-state index in [4.69, 9.17) is 14.5 Å². The summed E-state index contributed by atoms with van der Waals surface area (Å²) < 4.78 is 10.9. The first-order valence-electron chi connectivity index (χ1n) is 10.2. The molecule has 1 aliphatic rings. The van der Waals surface area contributed by atoms with Crippen LogP contribution >= 0.6 is 11.3 Å². The molecule has 158 valence electrons. The number of nitrogens with one attached hydrogen (secondary N) is 2. The van der Waals surface area contributed by atoms with Gasteiger partial charge in [-0.05, 0) is 54.5 Å². The Labute approximate surface area is 177 Å². The number of methoxy groups -OCH3 is 2. The fraction of sp³-hybridized carbons (Fsp3) is 0.500. The van der Waals surface area contributed by atoms with E-state index in [1.807, 2.05) is 0 Å². The maximum Gasteiger partial charge on any atom is 0.191 e. The van der Waals surface area contributed by atoms with Gasteiger partial charge in [-0.15, -0.1) is 11.3 Å². The molecule has 0 radical (unpaired) electrons. The van der Waals surface area contributed by atoms with Crippen molar-refractivity contribution in [3.8, 4) is 11.5 Å². The molecule has 2 N–H and O–H groups in total. The molecule has 0 spiro atoms. The second-order valence-corrected chi connectivity index (χ2v) is 8.05. The van der Waals surface area contributed by atoms with Crippen molar-refractivity contribution < 1.29 is 9.47 Å². The van der Waals surface area contributed by atoms with Gasteiger partial charge < -0.3 is 20.1 Å². The molecule has 0 bridgehead atoms. The smallest absolute Gasteiger partial charge is 0.191 e. The minimum atomic E-state index is 0.775. The summed E-state index contributed by atoms with van der Waals surface area (Å²) in [6.45, 7) is 7.54. The number of hydrogen-bond donors (Lipinski definition) is 2. The van der Waals surface area contributed by atoms with Gasteiger partial charge in [0.15, 0.2) is 17.5 Å². The van der Waals surface area contributed by atoms with Crippen LogP contribution in [0.5, 0.6) is 11.5 Å². The van der Waals surface area contributed by atoms with Crippen LogP contribution in [0.25, 0.3) is 0 Å². The fourth-order valence-electron chi connectivity index (χ4n) is 3.54. The molecular weight excluding hydrogens is 384 g/mol.